The zero-order valence-electron chi connectivity index (χ0n) is 39.5. The van der Waals surface area contributed by atoms with Crippen LogP contribution in [0.15, 0.2) is 35.4 Å². The zero-order chi connectivity index (χ0) is 45.7. The summed E-state index contributed by atoms with van der Waals surface area (Å²) < 4.78 is 11.6. The number of allylic oxidation sites excluding steroid dienone is 1. The molecular weight excluding hydrogens is 785 g/mol. The molecule has 0 heterocycles. The van der Waals surface area contributed by atoms with Gasteiger partial charge in [0.2, 0.25) is 5.91 Å². The second-order valence-corrected chi connectivity index (χ2v) is 23.2. The van der Waals surface area contributed by atoms with E-state index in [2.05, 4.69) is 59.1 Å². The Morgan fingerprint density at radius 1 is 0.839 bits per heavy atom. The fourth-order valence-corrected chi connectivity index (χ4v) is 15.0. The maximum Gasteiger partial charge on any atom is 0.309 e. The number of methoxy groups -OCH3 is 1. The van der Waals surface area contributed by atoms with Crippen molar-refractivity contribution in [2.75, 3.05) is 13.7 Å². The fourth-order valence-electron chi connectivity index (χ4n) is 15.0. The predicted molar refractivity (Wildman–Crippen MR) is 236 cm³/mol. The Bertz CT molecular complexity index is 2030. The molecule has 1 aromatic rings. The molecule has 342 valence electrons. The first-order chi connectivity index (χ1) is 28.7. The van der Waals surface area contributed by atoms with Crippen LogP contribution in [0.25, 0.3) is 0 Å². The number of carboxylic acids is 1. The minimum Gasteiger partial charge on any atom is -0.497 e. The fraction of sp³-hybridized carbons (Fsp3) is 0.745. The number of ether oxygens (including phenoxy) is 2. The van der Waals surface area contributed by atoms with Crippen LogP contribution in [0.5, 0.6) is 5.75 Å². The van der Waals surface area contributed by atoms with E-state index in [1.165, 1.54) is 0 Å². The van der Waals surface area contributed by atoms with Gasteiger partial charge in [-0.1, -0.05) is 67.9 Å². The van der Waals surface area contributed by atoms with E-state index in [9.17, 15) is 34.2 Å². The van der Waals surface area contributed by atoms with Gasteiger partial charge >= 0.3 is 11.9 Å². The third kappa shape index (κ3) is 6.86. The number of ketones is 1. The smallest absolute Gasteiger partial charge is 0.309 e. The molecule has 0 bridgehead atoms. The van der Waals surface area contributed by atoms with Crippen LogP contribution < -0.4 is 15.4 Å². The molecule has 11 heteroatoms. The number of amides is 2. The molecule has 6 aliphatic rings. The van der Waals surface area contributed by atoms with E-state index < -0.39 is 52.1 Å². The van der Waals surface area contributed by atoms with E-state index in [4.69, 9.17) is 9.47 Å². The number of carbonyl (C=O) groups is 5. The lowest BCUT2D eigenvalue weighted by Gasteiger charge is -2.72. The SMILES string of the molecule is COc1ccc(C(=O)NC(C)(C)C(=O)NC[C@H](O)[C@@]23CC[C@]4(C)[C@H](CC[C@@H]5[C@@]6(C)CC[C@H](OC(=O)[C@H]7C[C@@H](C(=O)O)C7(C)C)C(C)(C)[C@@H]6CC[C@]54C)C2=C(C(C)C)C(=O)C3)cc1. The highest BCUT2D eigenvalue weighted by molar-refractivity contribution is 6.01. The quantitative estimate of drug-likeness (QED) is 0.160. The molecule has 62 heavy (non-hydrogen) atoms. The summed E-state index contributed by atoms with van der Waals surface area (Å²) >= 11 is 0. The number of aliphatic carboxylic acids is 1. The van der Waals surface area contributed by atoms with Crippen LogP contribution >= 0.6 is 0 Å². The van der Waals surface area contributed by atoms with Gasteiger partial charge in [0.1, 0.15) is 17.4 Å². The Morgan fingerprint density at radius 3 is 2.10 bits per heavy atom. The number of carbonyl (C=O) groups excluding carboxylic acids is 4. The van der Waals surface area contributed by atoms with E-state index in [1.807, 2.05) is 13.8 Å². The van der Waals surface area contributed by atoms with E-state index >= 15 is 0 Å². The molecule has 0 unspecified atom stereocenters. The first-order valence-electron chi connectivity index (χ1n) is 23.4. The number of Topliss-reactive ketones (excluding diaryl/α,β-unsaturated/α-hetero) is 1. The zero-order valence-corrected chi connectivity index (χ0v) is 39.5. The van der Waals surface area contributed by atoms with Crippen LogP contribution in [-0.4, -0.2) is 71.2 Å². The largest absolute Gasteiger partial charge is 0.497 e. The van der Waals surface area contributed by atoms with Crippen LogP contribution in [0.1, 0.15) is 151 Å². The Kier molecular flexibility index (Phi) is 11.5. The first kappa shape index (κ1) is 46.3. The summed E-state index contributed by atoms with van der Waals surface area (Å²) in [5, 5.41) is 27.8. The van der Waals surface area contributed by atoms with Gasteiger partial charge in [-0.15, -0.1) is 0 Å². The van der Waals surface area contributed by atoms with E-state index in [0.717, 1.165) is 56.1 Å². The Hall–Kier alpha value is -3.73. The number of aliphatic hydroxyl groups is 1. The van der Waals surface area contributed by atoms with Gasteiger partial charge in [0, 0.05) is 29.4 Å². The highest BCUT2D eigenvalue weighted by atomic mass is 16.5. The van der Waals surface area contributed by atoms with Crippen LogP contribution in [0.4, 0.5) is 0 Å². The maximum atomic E-state index is 14.2. The van der Waals surface area contributed by atoms with Gasteiger partial charge in [0.05, 0.1) is 25.0 Å². The standard InChI is InChI=1S/C51H74N2O9/c1-28(2)39-34(54)26-51(37(55)27-52-44(60)47(7,8)53-41(56)29-13-15-30(61-12)16-14-29)24-23-49(10)31(40(39)51)17-18-36-48(9)21-20-38(46(5,6)35(48)19-22-50(36,49)11)62-43(59)33-25-32(42(57)58)45(33,3)4/h13-16,28,31-33,35-38,55H,17-27H2,1-12H3,(H,52,60)(H,53,56)(H,57,58)/t31-,32+,33-,35+,36-,37+,38+,48+,49-,50-,51+/m1/s1. The number of nitrogens with one attached hydrogen (secondary N) is 2. The number of rotatable bonds is 11. The molecule has 0 saturated heterocycles. The highest BCUT2D eigenvalue weighted by Crippen LogP contribution is 2.77. The van der Waals surface area contributed by atoms with E-state index in [-0.39, 0.29) is 64.3 Å². The van der Waals surface area contributed by atoms with Gasteiger partial charge in [-0.05, 0) is 147 Å². The molecule has 1 aromatic carbocycles. The molecule has 7 rings (SSSR count). The van der Waals surface area contributed by atoms with Gasteiger partial charge in [-0.2, -0.15) is 0 Å². The molecule has 11 nitrogen and oxygen atoms in total. The van der Waals surface area contributed by atoms with Crippen LogP contribution in [0.3, 0.4) is 0 Å². The number of benzene rings is 1. The third-order valence-electron chi connectivity index (χ3n) is 19.0. The third-order valence-corrected chi connectivity index (χ3v) is 19.0. The van der Waals surface area contributed by atoms with Gasteiger partial charge in [0.25, 0.3) is 5.91 Å². The summed E-state index contributed by atoms with van der Waals surface area (Å²) in [6, 6.07) is 6.66. The van der Waals surface area contributed by atoms with Crippen molar-refractivity contribution in [2.24, 2.45) is 68.0 Å². The van der Waals surface area contributed by atoms with Crippen molar-refractivity contribution in [3.8, 4) is 5.75 Å². The van der Waals surface area contributed by atoms with Crippen molar-refractivity contribution in [1.29, 1.82) is 0 Å². The van der Waals surface area contributed by atoms with Crippen LogP contribution in [0.2, 0.25) is 0 Å². The molecule has 0 radical (unpaired) electrons. The summed E-state index contributed by atoms with van der Waals surface area (Å²) in [5.41, 5.74) is -0.729. The molecular formula is C51H74N2O9. The van der Waals surface area contributed by atoms with Gasteiger partial charge in [-0.3, -0.25) is 24.0 Å². The number of fused-ring (bicyclic) bond motifs is 7. The van der Waals surface area contributed by atoms with Crippen molar-refractivity contribution < 1.29 is 43.7 Å². The molecule has 2 amide bonds. The van der Waals surface area contributed by atoms with Gasteiger partial charge in [-0.25, -0.2) is 0 Å². The maximum absolute atomic E-state index is 14.2. The minimum atomic E-state index is -1.27. The summed E-state index contributed by atoms with van der Waals surface area (Å²) in [4.78, 5) is 66.5. The van der Waals surface area contributed by atoms with Crippen LogP contribution in [-0.2, 0) is 23.9 Å². The lowest BCUT2D eigenvalue weighted by Crippen LogP contribution is -2.66. The summed E-state index contributed by atoms with van der Waals surface area (Å²) in [6.07, 6.45) is 6.52. The van der Waals surface area contributed by atoms with Crippen molar-refractivity contribution in [2.45, 2.75) is 158 Å². The monoisotopic (exact) mass is 859 g/mol. The second-order valence-electron chi connectivity index (χ2n) is 23.2. The Labute approximate surface area is 369 Å². The van der Waals surface area contributed by atoms with Gasteiger partial charge in [0.15, 0.2) is 5.78 Å². The summed E-state index contributed by atoms with van der Waals surface area (Å²) in [6.45, 7) is 23.2. The molecule has 5 saturated carbocycles. The molecule has 0 spiro atoms. The average Bonchev–Trinajstić information content (AvgIpc) is 3.50. The Morgan fingerprint density at radius 2 is 1.50 bits per heavy atom. The summed E-state index contributed by atoms with van der Waals surface area (Å²) in [7, 11) is 1.55. The molecule has 0 aromatic heterocycles. The Balaban J connectivity index is 1.09. The number of hydrogen-bond donors (Lipinski definition) is 4. The molecule has 0 aliphatic heterocycles. The molecule has 11 atom stereocenters. The topological polar surface area (TPSA) is 168 Å². The lowest BCUT2D eigenvalue weighted by atomic mass is 9.33. The minimum absolute atomic E-state index is 0.00582. The second kappa shape index (κ2) is 15.5. The highest BCUT2D eigenvalue weighted by Gasteiger charge is 2.71. The normalized spacial score (nSPS) is 37.4. The predicted octanol–water partition coefficient (Wildman–Crippen LogP) is 8.32. The number of esters is 1. The lowest BCUT2D eigenvalue weighted by molar-refractivity contribution is -0.238. The average molecular weight is 859 g/mol. The van der Waals surface area contributed by atoms with E-state index in [1.54, 1.807) is 45.2 Å². The van der Waals surface area contributed by atoms with Crippen molar-refractivity contribution in [1.82, 2.24) is 10.6 Å². The molecule has 6 aliphatic carbocycles. The van der Waals surface area contributed by atoms with Crippen molar-refractivity contribution >= 4 is 29.5 Å². The number of hydrogen-bond acceptors (Lipinski definition) is 8. The molecule has 5 fully saturated rings. The first-order valence-corrected chi connectivity index (χ1v) is 23.4. The summed E-state index contributed by atoms with van der Waals surface area (Å²) in [5.74, 6) is -1.29. The van der Waals surface area contributed by atoms with Crippen molar-refractivity contribution in [3.05, 3.63) is 41.0 Å². The van der Waals surface area contributed by atoms with E-state index in [0.29, 0.717) is 36.0 Å². The number of carboxylic acid groups (broad SMARTS) is 1. The van der Waals surface area contributed by atoms with Crippen molar-refractivity contribution in [3.63, 3.8) is 0 Å². The van der Waals surface area contributed by atoms with Gasteiger partial charge < -0.3 is 30.3 Å². The molecule has 4 N–H and O–H groups in total. The number of aliphatic hydroxyl groups excluding tert-OH is 1. The van der Waals surface area contributed by atoms with Crippen LogP contribution in [0, 0.1) is 68.0 Å².